The molecule has 0 radical (unpaired) electrons. The second kappa shape index (κ2) is 6.98. The third-order valence-electron chi connectivity index (χ3n) is 4.98. The van der Waals surface area contributed by atoms with Crippen molar-refractivity contribution in [2.75, 3.05) is 14.2 Å². The molecule has 2 heterocycles. The van der Waals surface area contributed by atoms with Gasteiger partial charge < -0.3 is 9.47 Å². The molecule has 7 heteroatoms. The van der Waals surface area contributed by atoms with Crippen molar-refractivity contribution in [1.82, 2.24) is 19.6 Å². The minimum Gasteiger partial charge on any atom is -0.493 e. The van der Waals surface area contributed by atoms with Crippen LogP contribution in [0.1, 0.15) is 53.1 Å². The maximum Gasteiger partial charge on any atom is 0.252 e. The molecule has 3 aromatic rings. The van der Waals surface area contributed by atoms with Crippen molar-refractivity contribution < 1.29 is 14.3 Å². The molecule has 1 atom stereocenters. The number of methoxy groups -OCH3 is 2. The van der Waals surface area contributed by atoms with E-state index in [1.807, 2.05) is 18.2 Å². The van der Waals surface area contributed by atoms with Crippen LogP contribution in [0.25, 0.3) is 5.78 Å². The summed E-state index contributed by atoms with van der Waals surface area (Å²) in [6.45, 7) is 2.08. The fourth-order valence-corrected chi connectivity index (χ4v) is 3.60. The van der Waals surface area contributed by atoms with Gasteiger partial charge in [-0.2, -0.15) is 4.98 Å². The van der Waals surface area contributed by atoms with E-state index in [0.29, 0.717) is 35.7 Å². The lowest BCUT2D eigenvalue weighted by atomic mass is 9.82. The van der Waals surface area contributed by atoms with Crippen LogP contribution < -0.4 is 9.47 Å². The van der Waals surface area contributed by atoms with Crippen molar-refractivity contribution in [3.63, 3.8) is 0 Å². The number of hydrogen-bond donors (Lipinski definition) is 0. The van der Waals surface area contributed by atoms with Gasteiger partial charge in [0.1, 0.15) is 0 Å². The average Bonchev–Trinajstić information content (AvgIpc) is 3.07. The van der Waals surface area contributed by atoms with Crippen LogP contribution >= 0.6 is 0 Å². The maximum atomic E-state index is 12.8. The number of carbonyl (C=O) groups excluding carboxylic acids is 1. The first-order valence-corrected chi connectivity index (χ1v) is 9.13. The molecular formula is C20H22N4O3. The number of aromatic nitrogens is 4. The van der Waals surface area contributed by atoms with E-state index in [1.54, 1.807) is 24.9 Å². The molecule has 0 bridgehead atoms. The quantitative estimate of drug-likeness (QED) is 0.691. The molecule has 0 saturated carbocycles. The number of carbonyl (C=O) groups is 1. The lowest BCUT2D eigenvalue weighted by Gasteiger charge is -2.23. The molecule has 0 saturated heterocycles. The van der Waals surface area contributed by atoms with Gasteiger partial charge in [0.2, 0.25) is 0 Å². The second-order valence-electron chi connectivity index (χ2n) is 6.77. The Labute approximate surface area is 157 Å². The summed E-state index contributed by atoms with van der Waals surface area (Å²) in [5.41, 5.74) is 2.47. The molecule has 1 aliphatic carbocycles. The highest BCUT2D eigenvalue weighted by molar-refractivity contribution is 5.98. The van der Waals surface area contributed by atoms with Crippen molar-refractivity contribution in [3.05, 3.63) is 47.0 Å². The molecule has 4 rings (SSSR count). The Morgan fingerprint density at radius 2 is 1.96 bits per heavy atom. The van der Waals surface area contributed by atoms with Gasteiger partial charge in [-0.15, -0.1) is 5.10 Å². The summed E-state index contributed by atoms with van der Waals surface area (Å²) >= 11 is 0. The third-order valence-corrected chi connectivity index (χ3v) is 4.98. The maximum absolute atomic E-state index is 12.8. The largest absolute Gasteiger partial charge is 0.493 e. The number of fused-ring (bicyclic) bond motifs is 2. The zero-order valence-electron chi connectivity index (χ0n) is 15.7. The number of rotatable bonds is 5. The molecular weight excluding hydrogens is 344 g/mol. The summed E-state index contributed by atoms with van der Waals surface area (Å²) in [5.74, 6) is 2.79. The molecule has 7 nitrogen and oxygen atoms in total. The summed E-state index contributed by atoms with van der Waals surface area (Å²) in [7, 11) is 3.22. The number of ketones is 1. The van der Waals surface area contributed by atoms with Crippen LogP contribution in [0.15, 0.2) is 24.4 Å². The smallest absolute Gasteiger partial charge is 0.252 e. The fraction of sp³-hybridized carbons (Fsp3) is 0.400. The van der Waals surface area contributed by atoms with Gasteiger partial charge in [0.15, 0.2) is 23.1 Å². The van der Waals surface area contributed by atoms with Crippen LogP contribution in [0.5, 0.6) is 11.5 Å². The summed E-state index contributed by atoms with van der Waals surface area (Å²) in [6.07, 6.45) is 4.67. The fourth-order valence-electron chi connectivity index (χ4n) is 3.60. The van der Waals surface area contributed by atoms with Gasteiger partial charge in [-0.05, 0) is 36.5 Å². The Morgan fingerprint density at radius 3 is 2.70 bits per heavy atom. The molecule has 0 amide bonds. The monoisotopic (exact) mass is 366 g/mol. The Bertz CT molecular complexity index is 1010. The number of benzene rings is 1. The van der Waals surface area contributed by atoms with E-state index in [2.05, 4.69) is 22.0 Å². The van der Waals surface area contributed by atoms with Crippen molar-refractivity contribution in [1.29, 1.82) is 0 Å². The van der Waals surface area contributed by atoms with Crippen molar-refractivity contribution in [2.24, 2.45) is 0 Å². The van der Waals surface area contributed by atoms with Crippen LogP contribution in [-0.2, 0) is 12.8 Å². The lowest BCUT2D eigenvalue weighted by Crippen LogP contribution is -2.21. The lowest BCUT2D eigenvalue weighted by molar-refractivity contribution is 0.0962. The molecule has 2 aromatic heterocycles. The topological polar surface area (TPSA) is 78.6 Å². The van der Waals surface area contributed by atoms with Crippen LogP contribution in [-0.4, -0.2) is 39.6 Å². The van der Waals surface area contributed by atoms with Crippen LogP contribution in [0, 0.1) is 0 Å². The average molecular weight is 366 g/mol. The predicted octanol–water partition coefficient (Wildman–Crippen LogP) is 3.01. The summed E-state index contributed by atoms with van der Waals surface area (Å²) < 4.78 is 12.3. The number of aryl methyl sites for hydroxylation is 1. The molecule has 1 aliphatic rings. The minimum atomic E-state index is 0.0535. The Balaban J connectivity index is 1.69. The van der Waals surface area contributed by atoms with Crippen molar-refractivity contribution >= 4 is 11.6 Å². The number of hydrogen-bond acceptors (Lipinski definition) is 6. The van der Waals surface area contributed by atoms with Crippen molar-refractivity contribution in [2.45, 2.75) is 38.5 Å². The van der Waals surface area contributed by atoms with Gasteiger partial charge in [0, 0.05) is 19.0 Å². The van der Waals surface area contributed by atoms with E-state index >= 15 is 0 Å². The van der Waals surface area contributed by atoms with Crippen LogP contribution in [0.4, 0.5) is 0 Å². The molecule has 0 spiro atoms. The normalized spacial score (nSPS) is 16.4. The van der Waals surface area contributed by atoms with Crippen LogP contribution in [0.3, 0.4) is 0 Å². The zero-order chi connectivity index (χ0) is 19.0. The molecule has 27 heavy (non-hydrogen) atoms. The third kappa shape index (κ3) is 3.13. The van der Waals surface area contributed by atoms with E-state index in [0.717, 1.165) is 29.9 Å². The van der Waals surface area contributed by atoms with Gasteiger partial charge in [-0.1, -0.05) is 13.0 Å². The minimum absolute atomic E-state index is 0.0535. The van der Waals surface area contributed by atoms with E-state index in [9.17, 15) is 4.79 Å². The zero-order valence-corrected chi connectivity index (χ0v) is 15.7. The summed E-state index contributed by atoms with van der Waals surface area (Å²) in [5, 5.41) is 4.42. The summed E-state index contributed by atoms with van der Waals surface area (Å²) in [4.78, 5) is 21.9. The molecule has 140 valence electrons. The molecule has 0 fully saturated rings. The van der Waals surface area contributed by atoms with Crippen molar-refractivity contribution in [3.8, 4) is 11.5 Å². The van der Waals surface area contributed by atoms with E-state index in [1.165, 1.54) is 0 Å². The Hall–Kier alpha value is -2.96. The first-order chi connectivity index (χ1) is 13.1. The molecule has 0 N–H and O–H groups in total. The van der Waals surface area contributed by atoms with E-state index in [4.69, 9.17) is 9.47 Å². The highest BCUT2D eigenvalue weighted by Crippen LogP contribution is 2.36. The number of ether oxygens (including phenoxy) is 2. The summed E-state index contributed by atoms with van der Waals surface area (Å²) in [6, 6.07) is 5.80. The Morgan fingerprint density at radius 1 is 1.15 bits per heavy atom. The number of Topliss-reactive ketones (excluding diaryl/α,β-unsaturated/α-hetero) is 1. The highest BCUT2D eigenvalue weighted by atomic mass is 16.5. The van der Waals surface area contributed by atoms with Gasteiger partial charge in [0.25, 0.3) is 5.78 Å². The second-order valence-corrected chi connectivity index (χ2v) is 6.77. The van der Waals surface area contributed by atoms with Crippen LogP contribution in [0.2, 0.25) is 0 Å². The molecule has 0 aliphatic heterocycles. The van der Waals surface area contributed by atoms with E-state index < -0.39 is 0 Å². The Kier molecular flexibility index (Phi) is 4.51. The predicted molar refractivity (Wildman–Crippen MR) is 99.7 cm³/mol. The van der Waals surface area contributed by atoms with Gasteiger partial charge in [-0.25, -0.2) is 9.50 Å². The van der Waals surface area contributed by atoms with Gasteiger partial charge in [0.05, 0.1) is 25.5 Å². The standard InChI is InChI=1S/C20H22N4O3/c1-4-5-19-22-20-21-15-8-13(9-16(25)14(15)11-24(20)23-19)12-6-7-17(26-2)18(10-12)27-3/h6-7,10-11,13H,4-5,8-9H2,1-3H3/t13-/m1/s1. The first-order valence-electron chi connectivity index (χ1n) is 9.13. The number of nitrogens with zero attached hydrogens (tertiary/aromatic N) is 4. The van der Waals surface area contributed by atoms with Gasteiger partial charge in [-0.3, -0.25) is 4.79 Å². The van der Waals surface area contributed by atoms with Gasteiger partial charge >= 0.3 is 0 Å². The molecule has 0 unspecified atom stereocenters. The highest BCUT2D eigenvalue weighted by Gasteiger charge is 2.29. The first kappa shape index (κ1) is 17.5. The SMILES string of the molecule is CCCc1nc2nc3c(cn2n1)C(=O)C[C@H](c1ccc(OC)c(OC)c1)C3. The van der Waals surface area contributed by atoms with E-state index in [-0.39, 0.29) is 11.7 Å². The molecule has 1 aromatic carbocycles.